The first-order valence-corrected chi connectivity index (χ1v) is 9.70. The van der Waals surface area contributed by atoms with Gasteiger partial charge in [-0.15, -0.1) is 0 Å². The van der Waals surface area contributed by atoms with Crippen molar-refractivity contribution in [3.63, 3.8) is 0 Å². The maximum atomic E-state index is 11.5. The Morgan fingerprint density at radius 1 is 1.28 bits per heavy atom. The number of aryl methyl sites for hydroxylation is 2. The summed E-state index contributed by atoms with van der Waals surface area (Å²) in [6.07, 6.45) is 1.98. The minimum Gasteiger partial charge on any atom is -0.369 e. The Kier molecular flexibility index (Phi) is 5.42. The summed E-state index contributed by atoms with van der Waals surface area (Å²) in [6, 6.07) is 13.1. The number of aromatic nitrogens is 3. The van der Waals surface area contributed by atoms with Gasteiger partial charge in [-0.1, -0.05) is 18.2 Å². The first-order chi connectivity index (χ1) is 14.0. The van der Waals surface area contributed by atoms with Crippen LogP contribution in [-0.2, 0) is 18.3 Å². The van der Waals surface area contributed by atoms with Gasteiger partial charge in [0.15, 0.2) is 0 Å². The minimum atomic E-state index is -0.444. The Morgan fingerprint density at radius 3 is 2.86 bits per heavy atom. The number of hydrogen-bond donors (Lipinski definition) is 1. The number of ether oxygens (including phenoxy) is 1. The van der Waals surface area contributed by atoms with E-state index < -0.39 is 5.91 Å². The standard InChI is InChI=1S/C22H25N5O2/c1-15-18(12-26(2)25-15)13-27-9-10-29-21(14-27)20-8-4-7-19(24-20)16-5-3-6-17(11-16)22(23)28/h3-8,11-12,21H,9-10,13-14H2,1-2H3,(H2,23,28)/t21-/m1/s1. The van der Waals surface area contributed by atoms with Crippen LogP contribution >= 0.6 is 0 Å². The molecule has 0 aliphatic carbocycles. The van der Waals surface area contributed by atoms with Crippen molar-refractivity contribution in [3.05, 3.63) is 71.2 Å². The molecule has 0 bridgehead atoms. The molecule has 3 aromatic rings. The summed E-state index contributed by atoms with van der Waals surface area (Å²) in [5.41, 5.74) is 10.7. The van der Waals surface area contributed by atoms with Crippen molar-refractivity contribution < 1.29 is 9.53 Å². The number of primary amides is 1. The molecule has 2 N–H and O–H groups in total. The van der Waals surface area contributed by atoms with Gasteiger partial charge in [0.2, 0.25) is 5.91 Å². The molecule has 1 aliphatic rings. The van der Waals surface area contributed by atoms with Crippen LogP contribution in [0.25, 0.3) is 11.3 Å². The zero-order chi connectivity index (χ0) is 20.4. The van der Waals surface area contributed by atoms with E-state index in [0.717, 1.165) is 42.3 Å². The second-order valence-corrected chi connectivity index (χ2v) is 7.40. The first kappa shape index (κ1) is 19.3. The molecule has 0 radical (unpaired) electrons. The molecule has 1 aromatic carbocycles. The van der Waals surface area contributed by atoms with Crippen LogP contribution in [-0.4, -0.2) is 45.3 Å². The summed E-state index contributed by atoms with van der Waals surface area (Å²) in [6.45, 7) is 5.20. The van der Waals surface area contributed by atoms with E-state index in [1.807, 2.05) is 49.0 Å². The maximum Gasteiger partial charge on any atom is 0.248 e. The van der Waals surface area contributed by atoms with Crippen LogP contribution in [0.5, 0.6) is 0 Å². The lowest BCUT2D eigenvalue weighted by atomic mass is 10.1. The Morgan fingerprint density at radius 2 is 2.10 bits per heavy atom. The van der Waals surface area contributed by atoms with E-state index in [9.17, 15) is 4.79 Å². The lowest BCUT2D eigenvalue weighted by Gasteiger charge is -2.32. The molecule has 2 aromatic heterocycles. The van der Waals surface area contributed by atoms with E-state index in [-0.39, 0.29) is 6.10 Å². The van der Waals surface area contributed by atoms with Gasteiger partial charge in [-0.2, -0.15) is 5.10 Å². The van der Waals surface area contributed by atoms with Gasteiger partial charge in [0.1, 0.15) is 6.10 Å². The lowest BCUT2D eigenvalue weighted by Crippen LogP contribution is -2.38. The maximum absolute atomic E-state index is 11.5. The normalized spacial score (nSPS) is 17.4. The zero-order valence-electron chi connectivity index (χ0n) is 16.7. The summed E-state index contributed by atoms with van der Waals surface area (Å²) < 4.78 is 7.88. The van der Waals surface area contributed by atoms with Gasteiger partial charge in [0, 0.05) is 49.6 Å². The van der Waals surface area contributed by atoms with Gasteiger partial charge in [0.05, 0.1) is 23.7 Å². The lowest BCUT2D eigenvalue weighted by molar-refractivity contribution is -0.0350. The van der Waals surface area contributed by atoms with Crippen molar-refractivity contribution in [2.75, 3.05) is 19.7 Å². The SMILES string of the molecule is Cc1nn(C)cc1CN1CCO[C@@H](c2cccc(-c3cccc(C(N)=O)c3)n2)C1. The molecule has 1 fully saturated rings. The van der Waals surface area contributed by atoms with E-state index >= 15 is 0 Å². The number of morpholine rings is 1. The van der Waals surface area contributed by atoms with Crippen molar-refractivity contribution in [1.29, 1.82) is 0 Å². The highest BCUT2D eigenvalue weighted by atomic mass is 16.5. The van der Waals surface area contributed by atoms with Crippen molar-refractivity contribution >= 4 is 5.91 Å². The van der Waals surface area contributed by atoms with Crippen LogP contribution in [0.15, 0.2) is 48.7 Å². The largest absolute Gasteiger partial charge is 0.369 e. The highest BCUT2D eigenvalue weighted by Crippen LogP contribution is 2.25. The average molecular weight is 391 g/mol. The zero-order valence-corrected chi connectivity index (χ0v) is 16.7. The number of rotatable bonds is 5. The third-order valence-electron chi connectivity index (χ3n) is 5.20. The van der Waals surface area contributed by atoms with Gasteiger partial charge in [-0.25, -0.2) is 0 Å². The molecule has 29 heavy (non-hydrogen) atoms. The summed E-state index contributed by atoms with van der Waals surface area (Å²) in [5.74, 6) is -0.444. The molecule has 1 aliphatic heterocycles. The summed E-state index contributed by atoms with van der Waals surface area (Å²) in [7, 11) is 1.95. The molecule has 7 nitrogen and oxygen atoms in total. The average Bonchev–Trinajstić information content (AvgIpc) is 3.05. The van der Waals surface area contributed by atoms with Gasteiger partial charge >= 0.3 is 0 Å². The smallest absolute Gasteiger partial charge is 0.248 e. The van der Waals surface area contributed by atoms with Crippen LogP contribution in [0.3, 0.4) is 0 Å². The summed E-state index contributed by atoms with van der Waals surface area (Å²) >= 11 is 0. The minimum absolute atomic E-state index is 0.0972. The second kappa shape index (κ2) is 8.14. The number of amides is 1. The van der Waals surface area contributed by atoms with Crippen LogP contribution in [0.1, 0.15) is 33.4 Å². The topological polar surface area (TPSA) is 86.3 Å². The Bertz CT molecular complexity index is 1030. The van der Waals surface area contributed by atoms with Crippen molar-refractivity contribution in [2.24, 2.45) is 12.8 Å². The number of pyridine rings is 1. The molecular formula is C22H25N5O2. The van der Waals surface area contributed by atoms with Gasteiger partial charge in [-0.3, -0.25) is 19.4 Å². The third-order valence-corrected chi connectivity index (χ3v) is 5.20. The molecule has 0 unspecified atom stereocenters. The monoisotopic (exact) mass is 391 g/mol. The fraction of sp³-hybridized carbons (Fsp3) is 0.318. The number of benzene rings is 1. The van der Waals surface area contributed by atoms with E-state index in [0.29, 0.717) is 12.2 Å². The highest BCUT2D eigenvalue weighted by molar-refractivity contribution is 5.93. The van der Waals surface area contributed by atoms with Crippen LogP contribution in [0.2, 0.25) is 0 Å². The Labute approximate surface area is 170 Å². The van der Waals surface area contributed by atoms with E-state index in [1.54, 1.807) is 12.1 Å². The van der Waals surface area contributed by atoms with Crippen molar-refractivity contribution in [1.82, 2.24) is 19.7 Å². The highest BCUT2D eigenvalue weighted by Gasteiger charge is 2.24. The first-order valence-electron chi connectivity index (χ1n) is 9.70. The van der Waals surface area contributed by atoms with Crippen LogP contribution in [0, 0.1) is 6.92 Å². The van der Waals surface area contributed by atoms with Gasteiger partial charge in [0.25, 0.3) is 0 Å². The fourth-order valence-electron chi connectivity index (χ4n) is 3.69. The Balaban J connectivity index is 1.52. The molecule has 0 saturated carbocycles. The second-order valence-electron chi connectivity index (χ2n) is 7.40. The number of carbonyl (C=O) groups is 1. The molecule has 150 valence electrons. The van der Waals surface area contributed by atoms with Gasteiger partial charge < -0.3 is 10.5 Å². The quantitative estimate of drug-likeness (QED) is 0.722. The fourth-order valence-corrected chi connectivity index (χ4v) is 3.69. The predicted molar refractivity (Wildman–Crippen MR) is 110 cm³/mol. The molecule has 4 rings (SSSR count). The Hall–Kier alpha value is -3.03. The van der Waals surface area contributed by atoms with E-state index in [1.165, 1.54) is 5.56 Å². The number of hydrogen-bond acceptors (Lipinski definition) is 5. The van der Waals surface area contributed by atoms with Gasteiger partial charge in [-0.05, 0) is 31.2 Å². The van der Waals surface area contributed by atoms with E-state index in [4.69, 9.17) is 15.5 Å². The number of carbonyl (C=O) groups excluding carboxylic acids is 1. The van der Waals surface area contributed by atoms with E-state index in [2.05, 4.69) is 16.2 Å². The van der Waals surface area contributed by atoms with Crippen molar-refractivity contribution in [3.8, 4) is 11.3 Å². The number of nitrogens with two attached hydrogens (primary N) is 1. The molecule has 3 heterocycles. The number of nitrogens with zero attached hydrogens (tertiary/aromatic N) is 4. The molecular weight excluding hydrogens is 366 g/mol. The summed E-state index contributed by atoms with van der Waals surface area (Å²) in [4.78, 5) is 18.7. The third kappa shape index (κ3) is 4.36. The van der Waals surface area contributed by atoms with Crippen LogP contribution in [0.4, 0.5) is 0 Å². The molecule has 1 atom stereocenters. The molecule has 1 amide bonds. The molecule has 1 saturated heterocycles. The van der Waals surface area contributed by atoms with Crippen molar-refractivity contribution in [2.45, 2.75) is 19.6 Å². The van der Waals surface area contributed by atoms with Crippen LogP contribution < -0.4 is 5.73 Å². The molecule has 7 heteroatoms. The summed E-state index contributed by atoms with van der Waals surface area (Å²) in [5, 5.41) is 4.43. The predicted octanol–water partition coefficient (Wildman–Crippen LogP) is 2.46. The molecule has 0 spiro atoms.